The number of carbonyl (C=O) groups excluding carboxylic acids is 1. The fourth-order valence-electron chi connectivity index (χ4n) is 3.70. The summed E-state index contributed by atoms with van der Waals surface area (Å²) in [6.45, 7) is 5.16. The summed E-state index contributed by atoms with van der Waals surface area (Å²) in [7, 11) is 1.45. The molecule has 1 unspecified atom stereocenters. The van der Waals surface area contributed by atoms with E-state index >= 15 is 4.39 Å². The number of rotatable bonds is 8. The highest BCUT2D eigenvalue weighted by molar-refractivity contribution is 6.31. The van der Waals surface area contributed by atoms with E-state index in [4.69, 9.17) is 32.5 Å². The number of carbonyl (C=O) groups is 1. The molecule has 0 aliphatic heterocycles. The van der Waals surface area contributed by atoms with Gasteiger partial charge in [0.2, 0.25) is 0 Å². The van der Waals surface area contributed by atoms with Crippen LogP contribution in [-0.2, 0) is 0 Å². The van der Waals surface area contributed by atoms with Gasteiger partial charge in [-0.15, -0.1) is 0 Å². The van der Waals surface area contributed by atoms with Crippen molar-refractivity contribution in [3.05, 3.63) is 76.0 Å². The average Bonchev–Trinajstić information content (AvgIpc) is 3.55. The van der Waals surface area contributed by atoms with Crippen LogP contribution >= 0.6 is 23.2 Å². The summed E-state index contributed by atoms with van der Waals surface area (Å²) in [5.74, 6) is -0.807. The second-order valence-electron chi connectivity index (χ2n) is 8.28. The molecule has 0 aliphatic carbocycles. The lowest BCUT2D eigenvalue weighted by Gasteiger charge is -2.21. The minimum Gasteiger partial charge on any atom is -0.479 e. The van der Waals surface area contributed by atoms with Gasteiger partial charge in [0.15, 0.2) is 11.6 Å². The third-order valence-corrected chi connectivity index (χ3v) is 6.01. The molecular weight excluding hydrogens is 555 g/mol. The summed E-state index contributed by atoms with van der Waals surface area (Å²) in [6.07, 6.45) is 4.12. The molecule has 204 valence electrons. The zero-order chi connectivity index (χ0) is 28.3. The maximum absolute atomic E-state index is 15.3. The monoisotopic (exact) mass is 577 g/mol. The number of methoxy groups -OCH3 is 1. The minimum absolute atomic E-state index is 0.0257. The zero-order valence-electron chi connectivity index (χ0n) is 21.2. The van der Waals surface area contributed by atoms with Crippen LogP contribution in [0.15, 0.2) is 52.5 Å². The Hall–Kier alpha value is -4.03. The highest BCUT2D eigenvalue weighted by Crippen LogP contribution is 2.33. The Morgan fingerprint density at radius 3 is 2.59 bits per heavy atom. The van der Waals surface area contributed by atoms with Gasteiger partial charge in [0.25, 0.3) is 5.88 Å². The molecule has 0 saturated carbocycles. The molecule has 14 heteroatoms. The quantitative estimate of drug-likeness (QED) is 0.202. The Morgan fingerprint density at radius 2 is 1.97 bits per heavy atom. The molecule has 0 radical (unpaired) electrons. The van der Waals surface area contributed by atoms with E-state index in [-0.39, 0.29) is 40.0 Å². The first-order valence-corrected chi connectivity index (χ1v) is 12.4. The number of hydrogen-bond donors (Lipinski definition) is 1. The largest absolute Gasteiger partial charge is 0.479 e. The van der Waals surface area contributed by atoms with Gasteiger partial charge < -0.3 is 14.6 Å². The third kappa shape index (κ3) is 6.18. The van der Waals surface area contributed by atoms with E-state index in [0.29, 0.717) is 16.5 Å². The average molecular weight is 578 g/mol. The summed E-state index contributed by atoms with van der Waals surface area (Å²) >= 11 is 12.0. The minimum atomic E-state index is -0.832. The van der Waals surface area contributed by atoms with Crippen molar-refractivity contribution < 1.29 is 22.8 Å². The van der Waals surface area contributed by atoms with Crippen molar-refractivity contribution in [2.75, 3.05) is 13.7 Å². The number of pyridine rings is 1. The van der Waals surface area contributed by atoms with E-state index in [1.54, 1.807) is 20.8 Å². The Bertz CT molecular complexity index is 1540. The molecule has 3 heterocycles. The van der Waals surface area contributed by atoms with Crippen LogP contribution in [0.5, 0.6) is 5.88 Å². The number of urea groups is 1. The molecule has 10 nitrogen and oxygen atoms in total. The smallest absolute Gasteiger partial charge is 0.338 e. The maximum Gasteiger partial charge on any atom is 0.338 e. The summed E-state index contributed by atoms with van der Waals surface area (Å²) in [4.78, 5) is 17.1. The highest BCUT2D eigenvalue weighted by Gasteiger charge is 2.22. The number of hydrazone groups is 1. The molecule has 0 saturated heterocycles. The number of aromatic nitrogens is 4. The molecule has 1 aromatic carbocycles. The molecule has 2 amide bonds. The lowest BCUT2D eigenvalue weighted by atomic mass is 10.0. The van der Waals surface area contributed by atoms with Crippen molar-refractivity contribution >= 4 is 34.9 Å². The van der Waals surface area contributed by atoms with Crippen LogP contribution < -0.4 is 10.1 Å². The van der Waals surface area contributed by atoms with Crippen LogP contribution in [0.25, 0.3) is 16.8 Å². The Morgan fingerprint density at radius 1 is 1.21 bits per heavy atom. The Labute approximate surface area is 232 Å². The van der Waals surface area contributed by atoms with Crippen molar-refractivity contribution in [3.63, 3.8) is 0 Å². The highest BCUT2D eigenvalue weighted by atomic mass is 35.5. The van der Waals surface area contributed by atoms with Crippen LogP contribution in [0, 0.1) is 11.6 Å². The second-order valence-corrected chi connectivity index (χ2v) is 9.16. The first-order chi connectivity index (χ1) is 18.6. The van der Waals surface area contributed by atoms with Gasteiger partial charge in [0.05, 0.1) is 36.1 Å². The molecule has 3 aromatic heterocycles. The third-order valence-electron chi connectivity index (χ3n) is 5.60. The number of benzene rings is 1. The number of ether oxygens (including phenoxy) is 1. The van der Waals surface area contributed by atoms with Crippen LogP contribution in [0.1, 0.15) is 38.3 Å². The first kappa shape index (κ1) is 28.0. The van der Waals surface area contributed by atoms with E-state index in [0.717, 1.165) is 11.1 Å². The van der Waals surface area contributed by atoms with E-state index in [1.807, 2.05) is 0 Å². The summed E-state index contributed by atoms with van der Waals surface area (Å²) in [6, 6.07) is 3.89. The van der Waals surface area contributed by atoms with Crippen LogP contribution in [0.4, 0.5) is 13.6 Å². The van der Waals surface area contributed by atoms with Gasteiger partial charge in [-0.25, -0.2) is 23.3 Å². The lowest BCUT2D eigenvalue weighted by Crippen LogP contribution is -2.39. The Balaban J connectivity index is 1.57. The zero-order valence-corrected chi connectivity index (χ0v) is 22.8. The number of nitrogens with zero attached hydrogens (tertiary/aromatic N) is 6. The summed E-state index contributed by atoms with van der Waals surface area (Å²) in [5.41, 5.74) is 0.871. The molecular formula is C25H23Cl2F2N7O3. The number of halogens is 4. The molecule has 0 fully saturated rings. The lowest BCUT2D eigenvalue weighted by molar-refractivity contribution is 0.199. The normalized spacial score (nSPS) is 12.4. The van der Waals surface area contributed by atoms with Gasteiger partial charge in [0.1, 0.15) is 17.2 Å². The molecule has 1 N–H and O–H groups in total. The number of nitrogens with one attached hydrogen (secondary N) is 1. The van der Waals surface area contributed by atoms with E-state index in [9.17, 15) is 9.18 Å². The van der Waals surface area contributed by atoms with Crippen molar-refractivity contribution in [2.24, 2.45) is 5.10 Å². The molecule has 0 bridgehead atoms. The van der Waals surface area contributed by atoms with Crippen molar-refractivity contribution in [2.45, 2.75) is 26.8 Å². The molecule has 39 heavy (non-hydrogen) atoms. The fraction of sp³-hybridized carbons (Fsp3) is 0.240. The van der Waals surface area contributed by atoms with E-state index in [1.165, 1.54) is 48.6 Å². The SMILES string of the molecule is CCN(N=C(C)c1cc(OC)no1)C(=O)NC(C)c1ncc(-c2cc(Cl)cc(F)c2-n2cc(Cl)cn2)cc1F. The fourth-order valence-corrected chi connectivity index (χ4v) is 4.04. The second kappa shape index (κ2) is 11.8. The van der Waals surface area contributed by atoms with Gasteiger partial charge in [-0.1, -0.05) is 23.2 Å². The number of hydrogen-bond acceptors (Lipinski definition) is 7. The molecule has 0 spiro atoms. The van der Waals surface area contributed by atoms with Gasteiger partial charge >= 0.3 is 6.03 Å². The van der Waals surface area contributed by atoms with Crippen molar-refractivity contribution in [1.82, 2.24) is 30.2 Å². The maximum atomic E-state index is 15.3. The summed E-state index contributed by atoms with van der Waals surface area (Å²) in [5, 5.41) is 16.2. The topological polar surface area (TPSA) is 111 Å². The van der Waals surface area contributed by atoms with Crippen molar-refractivity contribution in [1.29, 1.82) is 0 Å². The van der Waals surface area contributed by atoms with Gasteiger partial charge in [0, 0.05) is 35.1 Å². The number of amides is 2. The van der Waals surface area contributed by atoms with E-state index < -0.39 is 23.7 Å². The molecule has 1 atom stereocenters. The van der Waals surface area contributed by atoms with Crippen LogP contribution in [0.2, 0.25) is 10.0 Å². The molecule has 4 rings (SSSR count). The first-order valence-electron chi connectivity index (χ1n) is 11.6. The Kier molecular flexibility index (Phi) is 8.46. The standard InChI is InChI=1S/C25H23Cl2F2N7O3/c1-5-35(33-13(2)21-9-22(38-4)34-39-21)25(37)32-14(3)23-19(28)6-15(10-30-23)18-7-16(26)8-20(29)24(18)36-12-17(27)11-31-36/h6-12,14H,5H2,1-4H3,(H,32,37). The van der Waals surface area contributed by atoms with Crippen LogP contribution in [-0.4, -0.2) is 50.3 Å². The predicted octanol–water partition coefficient (Wildman–Crippen LogP) is 6.03. The van der Waals surface area contributed by atoms with Gasteiger partial charge in [-0.3, -0.25) is 4.98 Å². The predicted molar refractivity (Wildman–Crippen MR) is 141 cm³/mol. The summed E-state index contributed by atoms with van der Waals surface area (Å²) < 4.78 is 41.5. The van der Waals surface area contributed by atoms with Crippen molar-refractivity contribution in [3.8, 4) is 22.7 Å². The van der Waals surface area contributed by atoms with Gasteiger partial charge in [-0.2, -0.15) is 10.2 Å². The molecule has 4 aromatic rings. The van der Waals surface area contributed by atoms with Crippen LogP contribution in [0.3, 0.4) is 0 Å². The molecule has 0 aliphatic rings. The van der Waals surface area contributed by atoms with Gasteiger partial charge in [-0.05, 0) is 44.1 Å². The van der Waals surface area contributed by atoms with E-state index in [2.05, 4.69) is 25.7 Å².